The minimum Gasteiger partial charge on any atom is -0.336 e. The molecule has 2 aromatic rings. The number of rotatable bonds is 2. The summed E-state index contributed by atoms with van der Waals surface area (Å²) in [6, 6.07) is 9.83. The molecule has 0 saturated carbocycles. The van der Waals surface area contributed by atoms with Crippen LogP contribution < -0.4 is 0 Å². The number of amides is 1. The predicted octanol–water partition coefficient (Wildman–Crippen LogP) is 2.01. The summed E-state index contributed by atoms with van der Waals surface area (Å²) < 4.78 is 0. The number of hydrogen-bond acceptors (Lipinski definition) is 3. The van der Waals surface area contributed by atoms with Crippen LogP contribution in [0, 0.1) is 0 Å². The molecule has 1 amide bonds. The topological polar surface area (TPSA) is 36.4 Å². The molecule has 0 radical (unpaired) electrons. The lowest BCUT2D eigenvalue weighted by Gasteiger charge is -2.34. The van der Waals surface area contributed by atoms with Gasteiger partial charge in [0.1, 0.15) is 0 Å². The highest BCUT2D eigenvalue weighted by Crippen LogP contribution is 2.15. The van der Waals surface area contributed by atoms with Crippen molar-refractivity contribution in [2.75, 3.05) is 32.7 Å². The Morgan fingerprint density at radius 2 is 1.95 bits per heavy atom. The molecule has 104 valence electrons. The van der Waals surface area contributed by atoms with Crippen molar-refractivity contribution in [3.05, 3.63) is 42.1 Å². The lowest BCUT2D eigenvalue weighted by Crippen LogP contribution is -2.48. The first-order chi connectivity index (χ1) is 9.78. The van der Waals surface area contributed by atoms with E-state index in [1.807, 2.05) is 35.2 Å². The van der Waals surface area contributed by atoms with Crippen LogP contribution in [0.1, 0.15) is 17.3 Å². The maximum absolute atomic E-state index is 12.5. The number of fused-ring (bicyclic) bond motifs is 1. The van der Waals surface area contributed by atoms with E-state index in [1.165, 1.54) is 0 Å². The Kier molecular flexibility index (Phi) is 3.65. The zero-order chi connectivity index (χ0) is 13.9. The fourth-order valence-electron chi connectivity index (χ4n) is 2.64. The molecule has 1 fully saturated rings. The zero-order valence-electron chi connectivity index (χ0n) is 11.7. The number of piperazine rings is 1. The molecule has 20 heavy (non-hydrogen) atoms. The Hall–Kier alpha value is -1.94. The highest BCUT2D eigenvalue weighted by Gasteiger charge is 2.21. The molecule has 0 aliphatic carbocycles. The number of pyridine rings is 1. The van der Waals surface area contributed by atoms with Crippen LogP contribution in [-0.2, 0) is 0 Å². The van der Waals surface area contributed by atoms with E-state index >= 15 is 0 Å². The molecular formula is C16H19N3O. The normalized spacial score (nSPS) is 16.6. The van der Waals surface area contributed by atoms with Crippen LogP contribution in [0.15, 0.2) is 36.5 Å². The van der Waals surface area contributed by atoms with Gasteiger partial charge in [0, 0.05) is 37.8 Å². The third kappa shape index (κ3) is 2.51. The second kappa shape index (κ2) is 5.59. The maximum Gasteiger partial charge on any atom is 0.255 e. The molecule has 1 aliphatic rings. The highest BCUT2D eigenvalue weighted by atomic mass is 16.2. The van der Waals surface area contributed by atoms with Gasteiger partial charge in [0.05, 0.1) is 11.1 Å². The number of carbonyl (C=O) groups is 1. The fraction of sp³-hybridized carbons (Fsp3) is 0.375. The molecule has 1 aromatic carbocycles. The van der Waals surface area contributed by atoms with Crippen LogP contribution in [0.3, 0.4) is 0 Å². The second-order valence-corrected chi connectivity index (χ2v) is 5.14. The molecule has 0 N–H and O–H groups in total. The highest BCUT2D eigenvalue weighted by molar-refractivity contribution is 5.97. The molecule has 1 aromatic heterocycles. The molecule has 0 spiro atoms. The van der Waals surface area contributed by atoms with E-state index in [4.69, 9.17) is 0 Å². The molecular weight excluding hydrogens is 250 g/mol. The van der Waals surface area contributed by atoms with Crippen molar-refractivity contribution in [2.24, 2.45) is 0 Å². The molecule has 1 aliphatic heterocycles. The van der Waals surface area contributed by atoms with Crippen molar-refractivity contribution < 1.29 is 4.79 Å². The third-order valence-corrected chi connectivity index (χ3v) is 3.94. The average molecular weight is 269 g/mol. The number of aromatic nitrogens is 1. The lowest BCUT2D eigenvalue weighted by molar-refractivity contribution is 0.0643. The van der Waals surface area contributed by atoms with Crippen LogP contribution in [0.2, 0.25) is 0 Å². The van der Waals surface area contributed by atoms with Gasteiger partial charge in [0.15, 0.2) is 0 Å². The molecule has 1 saturated heterocycles. The molecule has 3 rings (SSSR count). The van der Waals surface area contributed by atoms with Crippen molar-refractivity contribution >= 4 is 16.8 Å². The smallest absolute Gasteiger partial charge is 0.255 e. The molecule has 0 bridgehead atoms. The number of para-hydroxylation sites is 1. The van der Waals surface area contributed by atoms with E-state index in [1.54, 1.807) is 6.20 Å². The summed E-state index contributed by atoms with van der Waals surface area (Å²) in [6.07, 6.45) is 1.69. The quantitative estimate of drug-likeness (QED) is 0.837. The first-order valence-electron chi connectivity index (χ1n) is 7.14. The minimum atomic E-state index is 0.0963. The number of carbonyl (C=O) groups excluding carboxylic acids is 1. The van der Waals surface area contributed by atoms with Crippen LogP contribution in [0.25, 0.3) is 10.9 Å². The number of hydrogen-bond donors (Lipinski definition) is 0. The van der Waals surface area contributed by atoms with Crippen LogP contribution in [0.4, 0.5) is 0 Å². The summed E-state index contributed by atoms with van der Waals surface area (Å²) in [7, 11) is 0. The van der Waals surface area contributed by atoms with Crippen molar-refractivity contribution in [3.63, 3.8) is 0 Å². The van der Waals surface area contributed by atoms with E-state index in [-0.39, 0.29) is 5.91 Å². The van der Waals surface area contributed by atoms with Gasteiger partial charge < -0.3 is 9.80 Å². The summed E-state index contributed by atoms with van der Waals surface area (Å²) in [6.45, 7) is 6.75. The summed E-state index contributed by atoms with van der Waals surface area (Å²) >= 11 is 0. The Bertz CT molecular complexity index is 618. The van der Waals surface area contributed by atoms with Gasteiger partial charge in [0.25, 0.3) is 5.91 Å². The third-order valence-electron chi connectivity index (χ3n) is 3.94. The van der Waals surface area contributed by atoms with Crippen molar-refractivity contribution in [1.82, 2.24) is 14.8 Å². The Labute approximate surface area is 119 Å². The summed E-state index contributed by atoms with van der Waals surface area (Å²) in [4.78, 5) is 21.2. The monoisotopic (exact) mass is 269 g/mol. The fourth-order valence-corrected chi connectivity index (χ4v) is 2.64. The molecule has 0 atom stereocenters. The Morgan fingerprint density at radius 3 is 2.70 bits per heavy atom. The van der Waals surface area contributed by atoms with E-state index in [0.717, 1.165) is 43.6 Å². The van der Waals surface area contributed by atoms with Crippen LogP contribution in [-0.4, -0.2) is 53.4 Å². The van der Waals surface area contributed by atoms with Crippen molar-refractivity contribution in [1.29, 1.82) is 0 Å². The molecule has 2 heterocycles. The van der Waals surface area contributed by atoms with Crippen molar-refractivity contribution in [2.45, 2.75) is 6.92 Å². The Morgan fingerprint density at radius 1 is 1.20 bits per heavy atom. The van der Waals surface area contributed by atoms with Gasteiger partial charge >= 0.3 is 0 Å². The average Bonchev–Trinajstić information content (AvgIpc) is 2.54. The largest absolute Gasteiger partial charge is 0.336 e. The van der Waals surface area contributed by atoms with Gasteiger partial charge in [0.2, 0.25) is 0 Å². The minimum absolute atomic E-state index is 0.0963. The van der Waals surface area contributed by atoms with Gasteiger partial charge in [-0.3, -0.25) is 9.78 Å². The van der Waals surface area contributed by atoms with E-state index in [2.05, 4.69) is 16.8 Å². The van der Waals surface area contributed by atoms with E-state index < -0.39 is 0 Å². The van der Waals surface area contributed by atoms with E-state index in [0.29, 0.717) is 5.56 Å². The summed E-state index contributed by atoms with van der Waals surface area (Å²) in [5.74, 6) is 0.0963. The van der Waals surface area contributed by atoms with Crippen LogP contribution >= 0.6 is 0 Å². The molecule has 4 nitrogen and oxygen atoms in total. The molecule has 4 heteroatoms. The first kappa shape index (κ1) is 13.1. The van der Waals surface area contributed by atoms with E-state index in [9.17, 15) is 4.79 Å². The summed E-state index contributed by atoms with van der Waals surface area (Å²) in [5, 5.41) is 1.02. The lowest BCUT2D eigenvalue weighted by atomic mass is 10.1. The molecule has 0 unspecified atom stereocenters. The maximum atomic E-state index is 12.5. The predicted molar refractivity (Wildman–Crippen MR) is 79.8 cm³/mol. The Balaban J connectivity index is 1.79. The number of likely N-dealkylation sites (N-methyl/N-ethyl adjacent to an activating group) is 1. The first-order valence-corrected chi connectivity index (χ1v) is 7.14. The van der Waals surface area contributed by atoms with Crippen LogP contribution in [0.5, 0.6) is 0 Å². The zero-order valence-corrected chi connectivity index (χ0v) is 11.7. The second-order valence-electron chi connectivity index (χ2n) is 5.14. The SMILES string of the molecule is CCN1CCN(C(=O)c2cnc3ccccc3c2)CC1. The van der Waals surface area contributed by atoms with Gasteiger partial charge in [-0.2, -0.15) is 0 Å². The van der Waals surface area contributed by atoms with Crippen molar-refractivity contribution in [3.8, 4) is 0 Å². The number of nitrogens with zero attached hydrogens (tertiary/aromatic N) is 3. The summed E-state index contributed by atoms with van der Waals surface area (Å²) in [5.41, 5.74) is 1.62. The standard InChI is InChI=1S/C16H19N3O/c1-2-18-7-9-19(10-8-18)16(20)14-11-13-5-3-4-6-15(13)17-12-14/h3-6,11-12H,2,7-10H2,1H3. The number of benzene rings is 1. The van der Waals surface area contributed by atoms with Gasteiger partial charge in [-0.15, -0.1) is 0 Å². The van der Waals surface area contributed by atoms with Gasteiger partial charge in [-0.05, 0) is 18.7 Å². The van der Waals surface area contributed by atoms with Gasteiger partial charge in [-0.25, -0.2) is 0 Å². The van der Waals surface area contributed by atoms with Gasteiger partial charge in [-0.1, -0.05) is 25.1 Å².